The second-order valence-electron chi connectivity index (χ2n) is 4.30. The first kappa shape index (κ1) is 13.3. The third-order valence-corrected chi connectivity index (χ3v) is 2.80. The van der Waals surface area contributed by atoms with E-state index in [1.165, 1.54) is 0 Å². The Morgan fingerprint density at radius 2 is 1.79 bits per heavy atom. The molecule has 0 bridgehead atoms. The van der Waals surface area contributed by atoms with Crippen molar-refractivity contribution in [2.45, 2.75) is 13.0 Å². The van der Waals surface area contributed by atoms with Crippen molar-refractivity contribution in [2.75, 3.05) is 19.0 Å². The Morgan fingerprint density at radius 3 is 2.32 bits per heavy atom. The minimum Gasteiger partial charge on any atom is -0.497 e. The zero-order chi connectivity index (χ0) is 13.7. The fourth-order valence-electron chi connectivity index (χ4n) is 1.61. The van der Waals surface area contributed by atoms with E-state index in [0.29, 0.717) is 12.5 Å². The molecule has 2 rings (SSSR count). The quantitative estimate of drug-likeness (QED) is 0.857. The summed E-state index contributed by atoms with van der Waals surface area (Å²) in [6.07, 6.45) is 3.58. The molecule has 0 fully saturated rings. The van der Waals surface area contributed by atoms with Crippen molar-refractivity contribution in [3.8, 4) is 16.9 Å². The fraction of sp³-hybridized carbons (Fsp3) is 0.286. The first-order valence-electron chi connectivity index (χ1n) is 6.16. The van der Waals surface area contributed by atoms with Crippen LogP contribution in [0.5, 0.6) is 5.75 Å². The predicted octanol–water partition coefficient (Wildman–Crippen LogP) is 1.91. The van der Waals surface area contributed by atoms with Crippen LogP contribution in [0.1, 0.15) is 6.92 Å². The van der Waals surface area contributed by atoms with Gasteiger partial charge in [-0.3, -0.25) is 0 Å². The summed E-state index contributed by atoms with van der Waals surface area (Å²) in [6.45, 7) is 2.53. The van der Waals surface area contributed by atoms with Gasteiger partial charge in [0.1, 0.15) is 5.75 Å². The van der Waals surface area contributed by atoms with Gasteiger partial charge in [0.25, 0.3) is 0 Å². The van der Waals surface area contributed by atoms with Crippen LogP contribution in [0.2, 0.25) is 0 Å². The Kier molecular flexibility index (Phi) is 4.30. The second-order valence-corrected chi connectivity index (χ2v) is 4.30. The summed E-state index contributed by atoms with van der Waals surface area (Å²) < 4.78 is 5.13. The maximum atomic E-state index is 5.54. The highest BCUT2D eigenvalue weighted by molar-refractivity contribution is 5.62. The van der Waals surface area contributed by atoms with Crippen LogP contribution in [0.3, 0.4) is 0 Å². The van der Waals surface area contributed by atoms with Gasteiger partial charge in [-0.2, -0.15) is 0 Å². The number of rotatable bonds is 5. The first-order chi connectivity index (χ1) is 9.22. The molecule has 0 amide bonds. The minimum absolute atomic E-state index is 0.159. The lowest BCUT2D eigenvalue weighted by Gasteiger charge is -2.11. The zero-order valence-electron chi connectivity index (χ0n) is 11.1. The minimum atomic E-state index is 0.159. The van der Waals surface area contributed by atoms with Gasteiger partial charge in [0.2, 0.25) is 5.95 Å². The van der Waals surface area contributed by atoms with Gasteiger partial charge in [0.05, 0.1) is 7.11 Å². The molecule has 19 heavy (non-hydrogen) atoms. The van der Waals surface area contributed by atoms with E-state index in [9.17, 15) is 0 Å². The van der Waals surface area contributed by atoms with Gasteiger partial charge in [-0.1, -0.05) is 12.1 Å². The Labute approximate surface area is 112 Å². The molecule has 1 unspecified atom stereocenters. The number of methoxy groups -OCH3 is 1. The van der Waals surface area contributed by atoms with Crippen molar-refractivity contribution in [3.63, 3.8) is 0 Å². The standard InChI is InChI=1S/C14H18N4O/c1-10(7-15)18-14-16-8-12(9-17-14)11-3-5-13(19-2)6-4-11/h3-6,8-10H,7,15H2,1-2H3,(H,16,17,18). The van der Waals surface area contributed by atoms with E-state index in [2.05, 4.69) is 15.3 Å². The van der Waals surface area contributed by atoms with Crippen LogP contribution in [0, 0.1) is 0 Å². The molecule has 1 atom stereocenters. The largest absolute Gasteiger partial charge is 0.497 e. The summed E-state index contributed by atoms with van der Waals surface area (Å²) in [4.78, 5) is 8.55. The molecule has 0 aliphatic heterocycles. The highest BCUT2D eigenvalue weighted by atomic mass is 16.5. The van der Waals surface area contributed by atoms with E-state index >= 15 is 0 Å². The lowest BCUT2D eigenvalue weighted by atomic mass is 10.1. The van der Waals surface area contributed by atoms with Gasteiger partial charge < -0.3 is 15.8 Å². The Morgan fingerprint density at radius 1 is 1.16 bits per heavy atom. The van der Waals surface area contributed by atoms with Gasteiger partial charge in [0, 0.05) is 30.5 Å². The summed E-state index contributed by atoms with van der Waals surface area (Å²) in [5, 5.41) is 3.12. The van der Waals surface area contributed by atoms with Crippen molar-refractivity contribution in [1.82, 2.24) is 9.97 Å². The Hall–Kier alpha value is -2.14. The number of nitrogens with zero attached hydrogens (tertiary/aromatic N) is 2. The van der Waals surface area contributed by atoms with Gasteiger partial charge in [-0.15, -0.1) is 0 Å². The van der Waals surface area contributed by atoms with Crippen LogP contribution in [0.4, 0.5) is 5.95 Å². The van der Waals surface area contributed by atoms with Gasteiger partial charge in [0.15, 0.2) is 0 Å². The smallest absolute Gasteiger partial charge is 0.222 e. The topological polar surface area (TPSA) is 73.1 Å². The maximum Gasteiger partial charge on any atom is 0.222 e. The van der Waals surface area contributed by atoms with Crippen LogP contribution >= 0.6 is 0 Å². The second kappa shape index (κ2) is 6.15. The highest BCUT2D eigenvalue weighted by Gasteiger charge is 2.03. The normalized spacial score (nSPS) is 11.9. The summed E-state index contributed by atoms with van der Waals surface area (Å²) in [5.41, 5.74) is 7.56. The number of anilines is 1. The molecule has 1 aromatic carbocycles. The molecule has 5 heteroatoms. The molecule has 5 nitrogen and oxygen atoms in total. The van der Waals surface area contributed by atoms with Crippen LogP contribution in [-0.2, 0) is 0 Å². The number of hydrogen-bond donors (Lipinski definition) is 2. The van der Waals surface area contributed by atoms with Gasteiger partial charge in [-0.25, -0.2) is 9.97 Å². The predicted molar refractivity (Wildman–Crippen MR) is 76.2 cm³/mol. The first-order valence-corrected chi connectivity index (χ1v) is 6.16. The molecular formula is C14H18N4O. The molecule has 0 saturated carbocycles. The molecular weight excluding hydrogens is 240 g/mol. The number of nitrogens with two attached hydrogens (primary N) is 1. The Bertz CT molecular complexity index is 510. The van der Waals surface area contributed by atoms with E-state index in [1.54, 1.807) is 19.5 Å². The van der Waals surface area contributed by atoms with Gasteiger partial charge in [-0.05, 0) is 24.6 Å². The van der Waals surface area contributed by atoms with Crippen molar-refractivity contribution in [3.05, 3.63) is 36.7 Å². The lowest BCUT2D eigenvalue weighted by Crippen LogP contribution is -2.26. The zero-order valence-corrected chi connectivity index (χ0v) is 11.1. The number of hydrogen-bond acceptors (Lipinski definition) is 5. The number of nitrogens with one attached hydrogen (secondary N) is 1. The summed E-state index contributed by atoms with van der Waals surface area (Å²) in [6, 6.07) is 7.95. The molecule has 2 aromatic rings. The lowest BCUT2D eigenvalue weighted by molar-refractivity contribution is 0.415. The summed E-state index contributed by atoms with van der Waals surface area (Å²) in [7, 11) is 1.65. The van der Waals surface area contributed by atoms with Crippen LogP contribution in [0.25, 0.3) is 11.1 Å². The molecule has 0 spiro atoms. The molecule has 1 heterocycles. The van der Waals surface area contributed by atoms with Crippen molar-refractivity contribution < 1.29 is 4.74 Å². The average Bonchev–Trinajstić information content (AvgIpc) is 2.48. The van der Waals surface area contributed by atoms with Crippen LogP contribution < -0.4 is 15.8 Å². The molecule has 0 radical (unpaired) electrons. The highest BCUT2D eigenvalue weighted by Crippen LogP contribution is 2.21. The van der Waals surface area contributed by atoms with Crippen molar-refractivity contribution >= 4 is 5.95 Å². The van der Waals surface area contributed by atoms with E-state index in [-0.39, 0.29) is 6.04 Å². The van der Waals surface area contributed by atoms with E-state index in [0.717, 1.165) is 16.9 Å². The molecule has 1 aromatic heterocycles. The monoisotopic (exact) mass is 258 g/mol. The molecule has 0 aliphatic rings. The summed E-state index contributed by atoms with van der Waals surface area (Å²) >= 11 is 0. The van der Waals surface area contributed by atoms with Gasteiger partial charge >= 0.3 is 0 Å². The van der Waals surface area contributed by atoms with Crippen LogP contribution in [0.15, 0.2) is 36.7 Å². The van der Waals surface area contributed by atoms with E-state index in [4.69, 9.17) is 10.5 Å². The van der Waals surface area contributed by atoms with E-state index in [1.807, 2.05) is 31.2 Å². The van der Waals surface area contributed by atoms with Crippen molar-refractivity contribution in [1.29, 1.82) is 0 Å². The third kappa shape index (κ3) is 3.42. The molecule has 0 aliphatic carbocycles. The summed E-state index contributed by atoms with van der Waals surface area (Å²) in [5.74, 6) is 1.43. The molecule has 0 saturated heterocycles. The van der Waals surface area contributed by atoms with Crippen LogP contribution in [-0.4, -0.2) is 29.7 Å². The number of benzene rings is 1. The third-order valence-electron chi connectivity index (χ3n) is 2.80. The molecule has 100 valence electrons. The van der Waals surface area contributed by atoms with E-state index < -0.39 is 0 Å². The maximum absolute atomic E-state index is 5.54. The number of ether oxygens (including phenoxy) is 1. The average molecular weight is 258 g/mol. The Balaban J connectivity index is 2.12. The van der Waals surface area contributed by atoms with Crippen molar-refractivity contribution in [2.24, 2.45) is 5.73 Å². The SMILES string of the molecule is COc1ccc(-c2cnc(NC(C)CN)nc2)cc1. The number of aromatic nitrogens is 2. The fourth-order valence-corrected chi connectivity index (χ4v) is 1.61. The molecule has 3 N–H and O–H groups in total.